The van der Waals surface area contributed by atoms with Gasteiger partial charge in [0.1, 0.15) is 11.9 Å². The van der Waals surface area contributed by atoms with Gasteiger partial charge in [-0.3, -0.25) is 9.69 Å². The van der Waals surface area contributed by atoms with Gasteiger partial charge in [0.25, 0.3) is 0 Å². The number of nitrogens with two attached hydrogens (primary N) is 2. The number of anilines is 1. The fraction of sp³-hybridized carbons (Fsp3) is 0.500. The number of piperidine rings is 1. The molecule has 59 heavy (non-hydrogen) atoms. The third-order valence-corrected chi connectivity index (χ3v) is 11.0. The molecule has 0 aliphatic carbocycles. The van der Waals surface area contributed by atoms with Gasteiger partial charge in [0.05, 0.1) is 26.5 Å². The van der Waals surface area contributed by atoms with Gasteiger partial charge < -0.3 is 56.2 Å². The van der Waals surface area contributed by atoms with E-state index in [0.717, 1.165) is 27.9 Å². The highest BCUT2D eigenvalue weighted by Crippen LogP contribution is 2.27. The molecule has 3 atom stereocenters. The molecule has 0 spiro atoms. The predicted molar refractivity (Wildman–Crippen MR) is 218 cm³/mol. The molecule has 1 aromatic heterocycles. The number of benzene rings is 2. The molecule has 17 heteroatoms. The molecule has 17 nitrogen and oxygen atoms in total. The number of urea groups is 1. The minimum atomic E-state index is -1.04. The van der Waals surface area contributed by atoms with Crippen molar-refractivity contribution in [1.82, 2.24) is 35.6 Å². The number of alkyl carbamates (subject to hydrolysis) is 1. The first-order valence-corrected chi connectivity index (χ1v) is 20.3. The van der Waals surface area contributed by atoms with E-state index in [1.165, 1.54) is 0 Å². The molecule has 0 bridgehead atoms. The molecule has 7 N–H and O–H groups in total. The predicted octanol–water partition coefficient (Wildman–Crippen LogP) is 3.05. The van der Waals surface area contributed by atoms with Crippen LogP contribution >= 0.6 is 0 Å². The lowest BCUT2D eigenvalue weighted by molar-refractivity contribution is -0.228. The Morgan fingerprint density at radius 1 is 0.831 bits per heavy atom. The first-order chi connectivity index (χ1) is 28.6. The van der Waals surface area contributed by atoms with Crippen LogP contribution in [0.2, 0.25) is 0 Å². The van der Waals surface area contributed by atoms with Crippen molar-refractivity contribution in [2.24, 2.45) is 17.6 Å². The van der Waals surface area contributed by atoms with Crippen LogP contribution in [0.4, 0.5) is 20.2 Å². The lowest BCUT2D eigenvalue weighted by atomic mass is 9.96. The molecule has 3 aromatic rings. The minimum absolute atomic E-state index is 0.00590. The minimum Gasteiger partial charge on any atom is -0.449 e. The fourth-order valence-electron chi connectivity index (χ4n) is 7.39. The summed E-state index contributed by atoms with van der Waals surface area (Å²) < 4.78 is 23.8. The molecule has 4 heterocycles. The highest BCUT2D eigenvalue weighted by molar-refractivity contribution is 5.78. The van der Waals surface area contributed by atoms with E-state index in [1.807, 2.05) is 67.6 Å². The third kappa shape index (κ3) is 12.7. The van der Waals surface area contributed by atoms with Crippen LogP contribution in [0.3, 0.4) is 0 Å². The number of carbonyl (C=O) groups is 4. The van der Waals surface area contributed by atoms with Gasteiger partial charge in [-0.05, 0) is 54.5 Å². The molecule has 2 aromatic carbocycles. The van der Waals surface area contributed by atoms with E-state index in [4.69, 9.17) is 30.4 Å². The van der Waals surface area contributed by atoms with Crippen molar-refractivity contribution >= 4 is 29.9 Å². The number of aryl methyl sites for hydroxylation is 1. The summed E-state index contributed by atoms with van der Waals surface area (Å²) in [5, 5.41) is 8.78. The molecule has 0 saturated carbocycles. The number of aromatic nitrogens is 1. The largest absolute Gasteiger partial charge is 0.449 e. The molecule has 0 radical (unpaired) electrons. The van der Waals surface area contributed by atoms with Crippen LogP contribution in [-0.4, -0.2) is 115 Å². The summed E-state index contributed by atoms with van der Waals surface area (Å²) in [6.07, 6.45) is -1.07. The van der Waals surface area contributed by atoms with E-state index in [2.05, 4.69) is 25.8 Å². The van der Waals surface area contributed by atoms with Crippen LogP contribution in [0.25, 0.3) is 0 Å². The van der Waals surface area contributed by atoms with Gasteiger partial charge in [0.15, 0.2) is 0 Å². The highest BCUT2D eigenvalue weighted by atomic mass is 16.7. The lowest BCUT2D eigenvalue weighted by Crippen LogP contribution is -2.53. The molecule has 3 aliphatic rings. The molecule has 3 aliphatic heterocycles. The molecule has 3 fully saturated rings. The molecule has 5 amide bonds. The average Bonchev–Trinajstić information content (AvgIpc) is 3.26. The Kier molecular flexibility index (Phi) is 15.7. The highest BCUT2D eigenvalue weighted by Gasteiger charge is 2.39. The third-order valence-electron chi connectivity index (χ3n) is 11.0. The zero-order valence-electron chi connectivity index (χ0n) is 33.7. The summed E-state index contributed by atoms with van der Waals surface area (Å²) in [6.45, 7) is 6.50. The number of hydrogen-bond donors (Lipinski definition) is 5. The number of likely N-dealkylation sites (tertiary alicyclic amines) is 1. The standard InChI is InChI=1S/C42H57N9O8/c1-29-34(10-11-36(44)48-29)25-45-38(52)33-12-15-49(16-13-33)28-47-41(54)59-39-37(57-26-30-6-3-2-4-7-30)35(14-21-56-39)27-58-42(55)51-19-17-50(18-20-51)40(53)46-24-32-9-5-8-31(22-32)23-43/h2-11,22,33,35,37,39H,12-21,23-28,43H2,1H3,(H2,44,48)(H,45,52)(H,46,53)(H,47,54)/t35-,37?,39+/m1/s1. The Hall–Kier alpha value is -5.49. The number of ether oxygens (including phenoxy) is 4. The van der Waals surface area contributed by atoms with Gasteiger partial charge in [-0.1, -0.05) is 60.7 Å². The van der Waals surface area contributed by atoms with E-state index < -0.39 is 24.6 Å². The molecule has 318 valence electrons. The van der Waals surface area contributed by atoms with Crippen molar-refractivity contribution in [3.05, 3.63) is 94.7 Å². The monoisotopic (exact) mass is 815 g/mol. The smallest absolute Gasteiger partial charge is 0.410 e. The number of pyridine rings is 1. The van der Waals surface area contributed by atoms with E-state index in [1.54, 1.807) is 15.9 Å². The number of rotatable bonds is 14. The summed E-state index contributed by atoms with van der Waals surface area (Å²) in [5.74, 6) is -0.00335. The van der Waals surface area contributed by atoms with E-state index in [9.17, 15) is 19.2 Å². The number of piperazine rings is 1. The van der Waals surface area contributed by atoms with Crippen LogP contribution in [0, 0.1) is 18.8 Å². The maximum Gasteiger partial charge on any atom is 0.410 e. The second-order valence-electron chi connectivity index (χ2n) is 15.1. The Labute approximate surface area is 345 Å². The molecule has 6 rings (SSSR count). The van der Waals surface area contributed by atoms with Crippen molar-refractivity contribution in [3.63, 3.8) is 0 Å². The zero-order chi connectivity index (χ0) is 41.6. The second-order valence-corrected chi connectivity index (χ2v) is 15.1. The van der Waals surface area contributed by atoms with Gasteiger partial charge in [-0.2, -0.15) is 0 Å². The van der Waals surface area contributed by atoms with Crippen molar-refractivity contribution in [3.8, 4) is 0 Å². The molecular weight excluding hydrogens is 759 g/mol. The van der Waals surface area contributed by atoms with Crippen LogP contribution in [0.1, 0.15) is 47.2 Å². The first kappa shape index (κ1) is 43.1. The van der Waals surface area contributed by atoms with Crippen LogP contribution in [0.5, 0.6) is 0 Å². The Bertz CT molecular complexity index is 1850. The van der Waals surface area contributed by atoms with Crippen molar-refractivity contribution in [2.75, 3.05) is 64.9 Å². The van der Waals surface area contributed by atoms with Crippen LogP contribution < -0.4 is 27.4 Å². The summed E-state index contributed by atoms with van der Waals surface area (Å²) in [4.78, 5) is 61.6. The Balaban J connectivity index is 0.938. The molecule has 1 unspecified atom stereocenters. The van der Waals surface area contributed by atoms with Crippen LogP contribution in [-0.2, 0) is 50.0 Å². The number of hydrogen-bond acceptors (Lipinski definition) is 12. The van der Waals surface area contributed by atoms with Gasteiger partial charge in [0, 0.05) is 76.4 Å². The molecular formula is C42H57N9O8. The summed E-state index contributed by atoms with van der Waals surface area (Å²) >= 11 is 0. The van der Waals surface area contributed by atoms with Crippen LogP contribution in [0.15, 0.2) is 66.7 Å². The number of nitrogen functional groups attached to an aromatic ring is 1. The number of nitrogens with one attached hydrogen (secondary N) is 3. The topological polar surface area (TPSA) is 216 Å². The van der Waals surface area contributed by atoms with Crippen molar-refractivity contribution < 1.29 is 38.1 Å². The first-order valence-electron chi connectivity index (χ1n) is 20.3. The van der Waals surface area contributed by atoms with Gasteiger partial charge in [0.2, 0.25) is 12.2 Å². The lowest BCUT2D eigenvalue weighted by Gasteiger charge is -2.38. The maximum atomic E-state index is 13.2. The maximum absolute atomic E-state index is 13.2. The normalized spacial score (nSPS) is 20.1. The Morgan fingerprint density at radius 2 is 1.56 bits per heavy atom. The van der Waals surface area contributed by atoms with Crippen molar-refractivity contribution in [1.29, 1.82) is 0 Å². The van der Waals surface area contributed by atoms with Crippen molar-refractivity contribution in [2.45, 2.75) is 64.8 Å². The quantitative estimate of drug-likeness (QED) is 0.159. The van der Waals surface area contributed by atoms with E-state index in [-0.39, 0.29) is 50.3 Å². The van der Waals surface area contributed by atoms with Gasteiger partial charge in [-0.15, -0.1) is 0 Å². The SMILES string of the molecule is Cc1nc(N)ccc1CNC(=O)C1CCN(CNC(=O)O[C@@H]2OCC[C@H](COC(=O)N3CCN(C(=O)NCc4cccc(CN)c4)CC3)C2OCc2ccccc2)CC1. The summed E-state index contributed by atoms with van der Waals surface area (Å²) in [6, 6.07) is 20.8. The number of carbonyl (C=O) groups excluding carboxylic acids is 4. The number of amides is 5. The molecule has 3 saturated heterocycles. The Morgan fingerprint density at radius 3 is 2.31 bits per heavy atom. The van der Waals surface area contributed by atoms with Gasteiger partial charge >= 0.3 is 18.2 Å². The van der Waals surface area contributed by atoms with E-state index >= 15 is 0 Å². The van der Waals surface area contributed by atoms with E-state index in [0.29, 0.717) is 84.0 Å². The second kappa shape index (κ2) is 21.5. The summed E-state index contributed by atoms with van der Waals surface area (Å²) in [5.41, 5.74) is 16.1. The summed E-state index contributed by atoms with van der Waals surface area (Å²) in [7, 11) is 0. The fourth-order valence-corrected chi connectivity index (χ4v) is 7.39. The average molecular weight is 816 g/mol. The zero-order valence-corrected chi connectivity index (χ0v) is 33.7. The van der Waals surface area contributed by atoms with Gasteiger partial charge in [-0.25, -0.2) is 19.4 Å². The number of nitrogens with zero attached hydrogens (tertiary/aromatic N) is 4.